The molecule has 1 atom stereocenters. The van der Waals surface area contributed by atoms with Gasteiger partial charge in [0.15, 0.2) is 5.82 Å². The number of piperazine rings is 1. The number of rotatable bonds is 10. The summed E-state index contributed by atoms with van der Waals surface area (Å²) < 4.78 is 5.30. The smallest absolute Gasteiger partial charge is 0.254 e. The van der Waals surface area contributed by atoms with Crippen LogP contribution in [0.2, 0.25) is 0 Å². The lowest BCUT2D eigenvalue weighted by molar-refractivity contribution is -0.132. The number of carbonyl (C=O) groups is 2. The zero-order valence-corrected chi connectivity index (χ0v) is 25.1. The summed E-state index contributed by atoms with van der Waals surface area (Å²) in [7, 11) is 1.58. The summed E-state index contributed by atoms with van der Waals surface area (Å²) in [5, 5.41) is 8.99. The highest BCUT2D eigenvalue weighted by Crippen LogP contribution is 2.25. The van der Waals surface area contributed by atoms with Gasteiger partial charge in [-0.15, -0.1) is 10.2 Å². The number of amides is 2. The highest BCUT2D eigenvalue weighted by atomic mass is 16.5. The van der Waals surface area contributed by atoms with Crippen molar-refractivity contribution >= 4 is 17.6 Å². The van der Waals surface area contributed by atoms with Crippen LogP contribution in [0.5, 0.6) is 5.75 Å². The van der Waals surface area contributed by atoms with Gasteiger partial charge >= 0.3 is 0 Å². The van der Waals surface area contributed by atoms with E-state index < -0.39 is 0 Å². The molecule has 43 heavy (non-hydrogen) atoms. The Hall–Kier alpha value is -4.72. The molecule has 0 aliphatic carbocycles. The van der Waals surface area contributed by atoms with Gasteiger partial charge in [-0.25, -0.2) is 0 Å². The van der Waals surface area contributed by atoms with Crippen molar-refractivity contribution in [3.05, 3.63) is 96.6 Å². The average Bonchev–Trinajstić information content (AvgIpc) is 3.08. The molecule has 8 heteroatoms. The Balaban J connectivity index is 1.18. The van der Waals surface area contributed by atoms with E-state index in [1.807, 2.05) is 41.3 Å². The molecule has 222 valence electrons. The van der Waals surface area contributed by atoms with Crippen LogP contribution < -0.4 is 9.64 Å². The Morgan fingerprint density at radius 1 is 0.837 bits per heavy atom. The number of hydrogen-bond donors (Lipinski definition) is 0. The second kappa shape index (κ2) is 14.0. The molecule has 1 fully saturated rings. The van der Waals surface area contributed by atoms with Crippen LogP contribution in [0, 0.1) is 5.92 Å². The van der Waals surface area contributed by atoms with Gasteiger partial charge in [-0.3, -0.25) is 9.59 Å². The molecule has 0 radical (unpaired) electrons. The lowest BCUT2D eigenvalue weighted by Crippen LogP contribution is -2.52. The molecule has 2 heterocycles. The number of hydrogen-bond acceptors (Lipinski definition) is 6. The molecule has 0 saturated carbocycles. The van der Waals surface area contributed by atoms with Gasteiger partial charge in [-0.2, -0.15) is 0 Å². The van der Waals surface area contributed by atoms with Crippen molar-refractivity contribution in [2.75, 3.05) is 51.3 Å². The number of nitrogens with zero attached hydrogens (tertiary/aromatic N) is 5. The summed E-state index contributed by atoms with van der Waals surface area (Å²) in [6.45, 7) is 7.20. The topological polar surface area (TPSA) is 78.9 Å². The van der Waals surface area contributed by atoms with Gasteiger partial charge in [0.2, 0.25) is 5.91 Å². The van der Waals surface area contributed by atoms with Crippen LogP contribution in [0.15, 0.2) is 91.0 Å². The van der Waals surface area contributed by atoms with E-state index in [0.717, 1.165) is 29.1 Å². The first-order chi connectivity index (χ1) is 20.9. The van der Waals surface area contributed by atoms with Crippen molar-refractivity contribution in [2.24, 2.45) is 5.92 Å². The monoisotopic (exact) mass is 577 g/mol. The number of carbonyl (C=O) groups excluding carboxylic acids is 2. The minimum atomic E-state index is -0.156. The summed E-state index contributed by atoms with van der Waals surface area (Å²) >= 11 is 0. The summed E-state index contributed by atoms with van der Waals surface area (Å²) in [4.78, 5) is 32.4. The molecule has 0 N–H and O–H groups in total. The third kappa shape index (κ3) is 7.38. The fourth-order valence-corrected chi connectivity index (χ4v) is 5.22. The van der Waals surface area contributed by atoms with Gasteiger partial charge in [-0.1, -0.05) is 80.9 Å². The molecule has 8 nitrogen and oxygen atoms in total. The van der Waals surface area contributed by atoms with E-state index in [2.05, 4.69) is 65.3 Å². The molecule has 1 aliphatic rings. The van der Waals surface area contributed by atoms with Crippen LogP contribution in [0.3, 0.4) is 0 Å². The highest BCUT2D eigenvalue weighted by Gasteiger charge is 2.27. The van der Waals surface area contributed by atoms with Crippen LogP contribution in [0.25, 0.3) is 22.4 Å². The fraction of sp³-hybridized carbons (Fsp3) is 0.314. The van der Waals surface area contributed by atoms with E-state index in [9.17, 15) is 9.59 Å². The van der Waals surface area contributed by atoms with Crippen LogP contribution >= 0.6 is 0 Å². The van der Waals surface area contributed by atoms with Crippen LogP contribution in [0.1, 0.15) is 30.6 Å². The molecule has 3 aromatic carbocycles. The highest BCUT2D eigenvalue weighted by molar-refractivity contribution is 5.97. The van der Waals surface area contributed by atoms with Crippen molar-refractivity contribution in [3.63, 3.8) is 0 Å². The van der Waals surface area contributed by atoms with Crippen molar-refractivity contribution < 1.29 is 14.3 Å². The third-order valence-electron chi connectivity index (χ3n) is 8.05. The van der Waals surface area contributed by atoms with E-state index in [-0.39, 0.29) is 24.3 Å². The Morgan fingerprint density at radius 3 is 2.19 bits per heavy atom. The first kappa shape index (κ1) is 29.8. The first-order valence-electron chi connectivity index (χ1n) is 14.9. The van der Waals surface area contributed by atoms with Crippen molar-refractivity contribution in [1.82, 2.24) is 20.0 Å². The second-order valence-corrected chi connectivity index (χ2v) is 11.0. The Morgan fingerprint density at radius 2 is 1.53 bits per heavy atom. The SMILES string of the molecule is CC[C@H](C)CN(CC(=O)N1CCN(c2ccc(-c3ccc(-c4ccccc4)cc3)nn2)CC1)C(=O)c1cccc(OC)c1. The van der Waals surface area contributed by atoms with Gasteiger partial charge in [0.05, 0.1) is 12.8 Å². The lowest BCUT2D eigenvalue weighted by atomic mass is 10.0. The number of benzene rings is 3. The Kier molecular flexibility index (Phi) is 9.66. The minimum absolute atomic E-state index is 0.0421. The molecular formula is C35H39N5O3. The standard InChI is InChI=1S/C35H39N5O3/c1-4-26(2)24-40(35(42)30-11-8-12-31(23-30)43-3)25-34(41)39-21-19-38(20-22-39)33-18-17-32(36-37-33)29-15-13-28(14-16-29)27-9-6-5-7-10-27/h5-18,23,26H,4,19-22,24-25H2,1-3H3/t26-/m0/s1. The molecule has 0 unspecified atom stereocenters. The van der Waals surface area contributed by atoms with Crippen molar-refractivity contribution in [2.45, 2.75) is 20.3 Å². The van der Waals surface area contributed by atoms with E-state index in [4.69, 9.17) is 4.74 Å². The summed E-state index contributed by atoms with van der Waals surface area (Å²) in [5.41, 5.74) is 4.70. The average molecular weight is 578 g/mol. The van der Waals surface area contributed by atoms with E-state index in [1.165, 1.54) is 5.56 Å². The predicted molar refractivity (Wildman–Crippen MR) is 170 cm³/mol. The molecule has 5 rings (SSSR count). The van der Waals surface area contributed by atoms with Gasteiger partial charge in [0.25, 0.3) is 5.91 Å². The zero-order valence-electron chi connectivity index (χ0n) is 25.1. The van der Waals surface area contributed by atoms with E-state index in [1.54, 1.807) is 30.2 Å². The molecule has 4 aromatic rings. The number of ether oxygens (including phenoxy) is 1. The van der Waals surface area contributed by atoms with Gasteiger partial charge in [0.1, 0.15) is 12.3 Å². The maximum absolute atomic E-state index is 13.4. The van der Waals surface area contributed by atoms with Crippen molar-refractivity contribution in [3.8, 4) is 28.1 Å². The predicted octanol–water partition coefficient (Wildman–Crippen LogP) is 5.66. The van der Waals surface area contributed by atoms with Gasteiger partial charge in [-0.05, 0) is 47.4 Å². The summed E-state index contributed by atoms with van der Waals surface area (Å²) in [5.74, 6) is 1.50. The fourth-order valence-electron chi connectivity index (χ4n) is 5.22. The number of aromatic nitrogens is 2. The quantitative estimate of drug-likeness (QED) is 0.242. The summed E-state index contributed by atoms with van der Waals surface area (Å²) in [6.07, 6.45) is 0.924. The maximum Gasteiger partial charge on any atom is 0.254 e. The van der Waals surface area contributed by atoms with Gasteiger partial charge < -0.3 is 19.4 Å². The normalized spacial score (nSPS) is 13.8. The zero-order chi connectivity index (χ0) is 30.2. The molecular weight excluding hydrogens is 538 g/mol. The maximum atomic E-state index is 13.4. The summed E-state index contributed by atoms with van der Waals surface area (Å²) in [6, 6.07) is 29.7. The van der Waals surface area contributed by atoms with Crippen molar-refractivity contribution in [1.29, 1.82) is 0 Å². The molecule has 1 aliphatic heterocycles. The van der Waals surface area contributed by atoms with Crippen LogP contribution in [0.4, 0.5) is 5.82 Å². The number of anilines is 1. The third-order valence-corrected chi connectivity index (χ3v) is 8.05. The molecule has 1 aromatic heterocycles. The minimum Gasteiger partial charge on any atom is -0.497 e. The van der Waals surface area contributed by atoms with E-state index >= 15 is 0 Å². The number of methoxy groups -OCH3 is 1. The second-order valence-electron chi connectivity index (χ2n) is 11.0. The molecule has 0 bridgehead atoms. The van der Waals surface area contributed by atoms with Crippen LogP contribution in [-0.2, 0) is 4.79 Å². The van der Waals surface area contributed by atoms with E-state index in [0.29, 0.717) is 44.0 Å². The molecule has 0 spiro atoms. The van der Waals surface area contributed by atoms with Gasteiger partial charge in [0, 0.05) is 43.9 Å². The lowest BCUT2D eigenvalue weighted by Gasteiger charge is -2.36. The van der Waals surface area contributed by atoms with Crippen LogP contribution in [-0.4, -0.2) is 78.2 Å². The molecule has 1 saturated heterocycles. The molecule has 2 amide bonds. The Bertz CT molecular complexity index is 1500. The largest absolute Gasteiger partial charge is 0.497 e. The Labute approximate surface area is 253 Å². The first-order valence-corrected chi connectivity index (χ1v) is 14.9.